The molecule has 1 aliphatic rings. The van der Waals surface area contributed by atoms with Crippen molar-refractivity contribution in [3.05, 3.63) is 34.1 Å². The van der Waals surface area contributed by atoms with Gasteiger partial charge in [0.25, 0.3) is 0 Å². The number of likely N-dealkylation sites (tertiary alicyclic amines) is 1. The highest BCUT2D eigenvalue weighted by Crippen LogP contribution is 2.21. The fraction of sp³-hybridized carbons (Fsp3) is 0.533. The molecule has 0 aromatic heterocycles. The maximum atomic E-state index is 13.2. The summed E-state index contributed by atoms with van der Waals surface area (Å²) in [6, 6.07) is 3.53. The second kappa shape index (κ2) is 7.72. The van der Waals surface area contributed by atoms with E-state index in [2.05, 4.69) is 5.32 Å². The molecular weight excluding hydrogens is 289 g/mol. The Bertz CT molecular complexity index is 543. The molecule has 22 heavy (non-hydrogen) atoms. The summed E-state index contributed by atoms with van der Waals surface area (Å²) >= 11 is 0. The lowest BCUT2D eigenvalue weighted by Crippen LogP contribution is -2.37. The number of rotatable bonds is 4. The van der Waals surface area contributed by atoms with Crippen molar-refractivity contribution in [3.63, 3.8) is 0 Å². The van der Waals surface area contributed by atoms with E-state index in [4.69, 9.17) is 0 Å². The lowest BCUT2D eigenvalue weighted by molar-refractivity contribution is -0.387. The van der Waals surface area contributed by atoms with Crippen LogP contribution in [0.15, 0.2) is 18.2 Å². The predicted molar refractivity (Wildman–Crippen MR) is 81.2 cm³/mol. The lowest BCUT2D eigenvalue weighted by Gasteiger charge is -2.25. The lowest BCUT2D eigenvalue weighted by atomic mass is 10.1. The number of nitro groups is 1. The number of nitrogens with one attached hydrogen (secondary N) is 1. The van der Waals surface area contributed by atoms with Crippen LogP contribution in [0.4, 0.5) is 15.8 Å². The molecule has 6 nitrogen and oxygen atoms in total. The molecule has 1 saturated heterocycles. The minimum Gasteiger partial charge on any atom is -0.376 e. The van der Waals surface area contributed by atoms with Gasteiger partial charge in [0.1, 0.15) is 0 Å². The third-order valence-electron chi connectivity index (χ3n) is 3.80. The van der Waals surface area contributed by atoms with Crippen molar-refractivity contribution in [3.8, 4) is 0 Å². The third-order valence-corrected chi connectivity index (χ3v) is 3.80. The quantitative estimate of drug-likeness (QED) is 0.685. The average molecular weight is 309 g/mol. The average Bonchev–Trinajstić information content (AvgIpc) is 2.45. The summed E-state index contributed by atoms with van der Waals surface area (Å²) in [5.41, 5.74) is -0.225. The van der Waals surface area contributed by atoms with E-state index in [0.717, 1.165) is 50.9 Å². The molecule has 0 atom stereocenters. The number of hydrogen-bond acceptors (Lipinski definition) is 4. The number of anilines is 1. The summed E-state index contributed by atoms with van der Waals surface area (Å²) in [6.45, 7) is 1.57. The molecule has 1 aliphatic heterocycles. The molecule has 0 unspecified atom stereocenters. The van der Waals surface area contributed by atoms with Crippen molar-refractivity contribution >= 4 is 17.3 Å². The van der Waals surface area contributed by atoms with Crippen LogP contribution in [0.25, 0.3) is 0 Å². The van der Waals surface area contributed by atoms with Gasteiger partial charge in [-0.25, -0.2) is 0 Å². The van der Waals surface area contributed by atoms with Crippen LogP contribution < -0.4 is 5.32 Å². The van der Waals surface area contributed by atoms with Crippen molar-refractivity contribution in [2.75, 3.05) is 25.0 Å². The standard InChI is InChI=1S/C15H20FN3O3/c16-13-7-6-12(10-14(13)19(21)22)17-11-15(20)18-8-4-2-1-3-5-9-18/h6-7,10,17H,1-5,8-9,11H2. The fourth-order valence-corrected chi connectivity index (χ4v) is 2.55. The normalized spacial score (nSPS) is 15.8. The van der Waals surface area contributed by atoms with Gasteiger partial charge < -0.3 is 10.2 Å². The van der Waals surface area contributed by atoms with Gasteiger partial charge in [-0.15, -0.1) is 0 Å². The van der Waals surface area contributed by atoms with Crippen LogP contribution in [0.3, 0.4) is 0 Å². The van der Waals surface area contributed by atoms with Gasteiger partial charge in [-0.3, -0.25) is 14.9 Å². The monoisotopic (exact) mass is 309 g/mol. The number of amides is 1. The first-order valence-corrected chi connectivity index (χ1v) is 7.53. The minimum atomic E-state index is -0.884. The highest BCUT2D eigenvalue weighted by Gasteiger charge is 2.17. The smallest absolute Gasteiger partial charge is 0.306 e. The maximum absolute atomic E-state index is 13.2. The molecule has 1 N–H and O–H groups in total. The van der Waals surface area contributed by atoms with Gasteiger partial charge in [-0.1, -0.05) is 19.3 Å². The van der Waals surface area contributed by atoms with Crippen molar-refractivity contribution < 1.29 is 14.1 Å². The van der Waals surface area contributed by atoms with E-state index in [1.54, 1.807) is 0 Å². The Balaban J connectivity index is 1.92. The molecule has 1 heterocycles. The van der Waals surface area contributed by atoms with E-state index in [9.17, 15) is 19.3 Å². The molecule has 120 valence electrons. The zero-order valence-electron chi connectivity index (χ0n) is 12.4. The van der Waals surface area contributed by atoms with E-state index < -0.39 is 16.4 Å². The summed E-state index contributed by atoms with van der Waals surface area (Å²) in [7, 11) is 0. The van der Waals surface area contributed by atoms with Gasteiger partial charge in [0, 0.05) is 24.8 Å². The predicted octanol–water partition coefficient (Wildman–Crippen LogP) is 2.94. The van der Waals surface area contributed by atoms with Crippen LogP contribution in [0, 0.1) is 15.9 Å². The summed E-state index contributed by atoms with van der Waals surface area (Å²) in [6.07, 6.45) is 5.52. The van der Waals surface area contributed by atoms with Crippen LogP contribution in [-0.2, 0) is 4.79 Å². The molecule has 0 spiro atoms. The Kier molecular flexibility index (Phi) is 5.68. The molecule has 1 amide bonds. The summed E-state index contributed by atoms with van der Waals surface area (Å²) in [4.78, 5) is 23.9. The first-order chi connectivity index (χ1) is 10.6. The summed E-state index contributed by atoms with van der Waals surface area (Å²) in [5.74, 6) is -0.917. The molecule has 0 saturated carbocycles. The number of nitrogens with zero attached hydrogens (tertiary/aromatic N) is 2. The molecule has 1 aromatic carbocycles. The largest absolute Gasteiger partial charge is 0.376 e. The number of benzene rings is 1. The number of carbonyl (C=O) groups excluding carboxylic acids is 1. The molecule has 7 heteroatoms. The van der Waals surface area contributed by atoms with Crippen molar-refractivity contribution in [1.29, 1.82) is 0 Å². The third kappa shape index (κ3) is 4.41. The Labute approximate surface area is 128 Å². The summed E-state index contributed by atoms with van der Waals surface area (Å²) in [5, 5.41) is 13.5. The zero-order valence-corrected chi connectivity index (χ0v) is 12.4. The number of halogens is 1. The fourth-order valence-electron chi connectivity index (χ4n) is 2.55. The van der Waals surface area contributed by atoms with Crippen LogP contribution in [0.5, 0.6) is 0 Å². The Morgan fingerprint density at radius 3 is 2.50 bits per heavy atom. The van der Waals surface area contributed by atoms with Gasteiger partial charge in [0.2, 0.25) is 11.7 Å². The van der Waals surface area contributed by atoms with E-state index in [1.165, 1.54) is 12.5 Å². The van der Waals surface area contributed by atoms with Crippen LogP contribution in [-0.4, -0.2) is 35.4 Å². The van der Waals surface area contributed by atoms with E-state index in [0.29, 0.717) is 5.69 Å². The zero-order chi connectivity index (χ0) is 15.9. The van der Waals surface area contributed by atoms with Gasteiger partial charge >= 0.3 is 5.69 Å². The highest BCUT2D eigenvalue weighted by molar-refractivity contribution is 5.81. The Morgan fingerprint density at radius 1 is 1.23 bits per heavy atom. The van der Waals surface area contributed by atoms with Crippen LogP contribution in [0.1, 0.15) is 32.1 Å². The van der Waals surface area contributed by atoms with Gasteiger partial charge in [-0.05, 0) is 25.0 Å². The van der Waals surface area contributed by atoms with Crippen molar-refractivity contribution in [2.24, 2.45) is 0 Å². The molecule has 1 fully saturated rings. The highest BCUT2D eigenvalue weighted by atomic mass is 19.1. The first kappa shape index (κ1) is 16.2. The van der Waals surface area contributed by atoms with Crippen LogP contribution in [0.2, 0.25) is 0 Å². The van der Waals surface area contributed by atoms with E-state index >= 15 is 0 Å². The number of hydrogen-bond donors (Lipinski definition) is 1. The Morgan fingerprint density at radius 2 is 1.86 bits per heavy atom. The first-order valence-electron chi connectivity index (χ1n) is 7.53. The minimum absolute atomic E-state index is 0.0334. The van der Waals surface area contributed by atoms with Crippen molar-refractivity contribution in [2.45, 2.75) is 32.1 Å². The van der Waals surface area contributed by atoms with Gasteiger partial charge in [0.05, 0.1) is 11.5 Å². The number of carbonyl (C=O) groups is 1. The van der Waals surface area contributed by atoms with Gasteiger partial charge in [0.15, 0.2) is 0 Å². The molecular formula is C15H20FN3O3. The van der Waals surface area contributed by atoms with Gasteiger partial charge in [-0.2, -0.15) is 4.39 Å². The second-order valence-corrected chi connectivity index (χ2v) is 5.43. The number of nitro benzene ring substituents is 1. The second-order valence-electron chi connectivity index (χ2n) is 5.43. The van der Waals surface area contributed by atoms with E-state index in [1.807, 2.05) is 4.90 Å². The molecule has 0 aliphatic carbocycles. The summed E-state index contributed by atoms with van der Waals surface area (Å²) < 4.78 is 13.2. The van der Waals surface area contributed by atoms with E-state index in [-0.39, 0.29) is 12.5 Å². The molecule has 2 rings (SSSR count). The Hall–Kier alpha value is -2.18. The topological polar surface area (TPSA) is 75.5 Å². The molecule has 0 radical (unpaired) electrons. The molecule has 1 aromatic rings. The maximum Gasteiger partial charge on any atom is 0.306 e. The SMILES string of the molecule is O=C(CNc1ccc(F)c([N+](=O)[O-])c1)N1CCCCCCC1. The van der Waals surface area contributed by atoms with Crippen LogP contribution >= 0.6 is 0 Å². The van der Waals surface area contributed by atoms with Crippen molar-refractivity contribution in [1.82, 2.24) is 4.90 Å². The molecule has 0 bridgehead atoms.